The van der Waals surface area contributed by atoms with Gasteiger partial charge in [-0.2, -0.15) is 0 Å². The number of hydrogen-bond donors (Lipinski definition) is 3. The Kier molecular flexibility index (Phi) is 5.41. The number of halogens is 2. The topological polar surface area (TPSA) is 84.2 Å². The molecule has 0 saturated heterocycles. The quantitative estimate of drug-likeness (QED) is 0.774. The van der Waals surface area contributed by atoms with Crippen LogP contribution in [0, 0.1) is 19.7 Å². The molecule has 0 aliphatic heterocycles. The molecule has 0 aromatic heterocycles. The summed E-state index contributed by atoms with van der Waals surface area (Å²) in [5, 5.41) is 5.89. The maximum absolute atomic E-state index is 13.8. The summed E-state index contributed by atoms with van der Waals surface area (Å²) in [7, 11) is 0. The lowest BCUT2D eigenvalue weighted by molar-refractivity contribution is -0.114. The second-order valence-corrected chi connectivity index (χ2v) is 5.79. The largest absolute Gasteiger partial charge is 0.376 e. The summed E-state index contributed by atoms with van der Waals surface area (Å²) >= 11 is 6.06. The Bertz CT molecular complexity index is 809. The average molecular weight is 350 g/mol. The Balaban J connectivity index is 2.07. The van der Waals surface area contributed by atoms with Gasteiger partial charge in [0.25, 0.3) is 0 Å². The number of nitrogens with one attached hydrogen (secondary N) is 2. The lowest BCUT2D eigenvalue weighted by Gasteiger charge is -2.12. The van der Waals surface area contributed by atoms with Gasteiger partial charge in [-0.3, -0.25) is 9.59 Å². The van der Waals surface area contributed by atoms with Crippen LogP contribution in [0.3, 0.4) is 0 Å². The highest BCUT2D eigenvalue weighted by Gasteiger charge is 2.12. The minimum Gasteiger partial charge on any atom is -0.376 e. The van der Waals surface area contributed by atoms with Gasteiger partial charge in [-0.25, -0.2) is 4.39 Å². The normalized spacial score (nSPS) is 10.3. The lowest BCUT2D eigenvalue weighted by atomic mass is 10.1. The van der Waals surface area contributed by atoms with Crippen LogP contribution in [0.4, 0.5) is 15.8 Å². The fourth-order valence-corrected chi connectivity index (χ4v) is 2.38. The first-order chi connectivity index (χ1) is 11.3. The molecule has 0 saturated carbocycles. The summed E-state index contributed by atoms with van der Waals surface area (Å²) in [5.74, 6) is -1.67. The zero-order chi connectivity index (χ0) is 17.9. The number of amides is 2. The minimum atomic E-state index is -0.743. The highest BCUT2D eigenvalue weighted by Crippen LogP contribution is 2.23. The predicted molar refractivity (Wildman–Crippen MR) is 93.0 cm³/mol. The first-order valence-electron chi connectivity index (χ1n) is 7.17. The number of benzene rings is 2. The van der Waals surface area contributed by atoms with Crippen molar-refractivity contribution in [3.63, 3.8) is 0 Å². The summed E-state index contributed by atoms with van der Waals surface area (Å²) in [6.45, 7) is 3.31. The molecule has 0 heterocycles. The van der Waals surface area contributed by atoms with Crippen LogP contribution in [0.1, 0.15) is 21.5 Å². The predicted octanol–water partition coefficient (Wildman–Crippen LogP) is 3.25. The van der Waals surface area contributed by atoms with Crippen LogP contribution in [0.15, 0.2) is 30.3 Å². The number of rotatable bonds is 5. The van der Waals surface area contributed by atoms with Crippen LogP contribution < -0.4 is 16.4 Å². The third-order valence-electron chi connectivity index (χ3n) is 3.47. The van der Waals surface area contributed by atoms with Gasteiger partial charge < -0.3 is 16.4 Å². The molecule has 2 aromatic rings. The number of hydrogen-bond acceptors (Lipinski definition) is 3. The van der Waals surface area contributed by atoms with Crippen molar-refractivity contribution < 1.29 is 14.0 Å². The van der Waals surface area contributed by atoms with E-state index in [1.165, 1.54) is 13.0 Å². The smallest absolute Gasteiger partial charge is 0.248 e. The fourth-order valence-electron chi connectivity index (χ4n) is 2.10. The maximum Gasteiger partial charge on any atom is 0.248 e. The van der Waals surface area contributed by atoms with Gasteiger partial charge in [0.05, 0.1) is 17.3 Å². The van der Waals surface area contributed by atoms with E-state index < -0.39 is 11.7 Å². The molecule has 0 atom stereocenters. The van der Waals surface area contributed by atoms with Crippen LogP contribution in [0.2, 0.25) is 5.02 Å². The van der Waals surface area contributed by atoms with Gasteiger partial charge in [0.15, 0.2) is 0 Å². The molecule has 2 amide bonds. The lowest BCUT2D eigenvalue weighted by Crippen LogP contribution is -2.23. The second-order valence-electron chi connectivity index (χ2n) is 5.38. The molecule has 0 radical (unpaired) electrons. The zero-order valence-corrected chi connectivity index (χ0v) is 14.0. The number of nitrogens with two attached hydrogens (primary N) is 1. The SMILES string of the molecule is Cc1ccc(NC(=O)CNc2cc(C(N)=O)cc(F)c2C)c(Cl)c1. The van der Waals surface area contributed by atoms with Gasteiger partial charge in [0.1, 0.15) is 5.82 Å². The summed E-state index contributed by atoms with van der Waals surface area (Å²) in [4.78, 5) is 23.2. The molecule has 5 nitrogen and oxygen atoms in total. The van der Waals surface area contributed by atoms with Gasteiger partial charge in [-0.05, 0) is 43.7 Å². The molecule has 4 N–H and O–H groups in total. The summed E-state index contributed by atoms with van der Waals surface area (Å²) < 4.78 is 13.8. The number of carbonyl (C=O) groups is 2. The molecule has 7 heteroatoms. The molecule has 0 spiro atoms. The van der Waals surface area contributed by atoms with Gasteiger partial charge >= 0.3 is 0 Å². The van der Waals surface area contributed by atoms with Gasteiger partial charge in [-0.1, -0.05) is 17.7 Å². The third kappa shape index (κ3) is 4.23. The Labute approximate surface area is 144 Å². The minimum absolute atomic E-state index is 0.0302. The van der Waals surface area contributed by atoms with E-state index in [1.807, 2.05) is 13.0 Å². The van der Waals surface area contributed by atoms with Gasteiger partial charge in [-0.15, -0.1) is 0 Å². The Hall–Kier alpha value is -2.60. The van der Waals surface area contributed by atoms with E-state index in [1.54, 1.807) is 12.1 Å². The number of primary amides is 1. The molecule has 2 rings (SSSR count). The second kappa shape index (κ2) is 7.31. The molecule has 126 valence electrons. The monoisotopic (exact) mass is 349 g/mol. The summed E-state index contributed by atoms with van der Waals surface area (Å²) in [6, 6.07) is 7.74. The fraction of sp³-hybridized carbons (Fsp3) is 0.176. The Morgan fingerprint density at radius 3 is 2.50 bits per heavy atom. The van der Waals surface area contributed by atoms with Crippen molar-refractivity contribution in [2.24, 2.45) is 5.73 Å². The van der Waals surface area contributed by atoms with Crippen molar-refractivity contribution in [3.05, 3.63) is 57.9 Å². The van der Waals surface area contributed by atoms with Crippen molar-refractivity contribution in [2.45, 2.75) is 13.8 Å². The number of carbonyl (C=O) groups excluding carboxylic acids is 2. The third-order valence-corrected chi connectivity index (χ3v) is 3.78. The van der Waals surface area contributed by atoms with E-state index in [4.69, 9.17) is 17.3 Å². The summed E-state index contributed by atoms with van der Waals surface area (Å²) in [6.07, 6.45) is 0. The van der Waals surface area contributed by atoms with Crippen molar-refractivity contribution in [1.82, 2.24) is 0 Å². The highest BCUT2D eigenvalue weighted by atomic mass is 35.5. The first kappa shape index (κ1) is 17.7. The van der Waals surface area contributed by atoms with Crippen molar-refractivity contribution >= 4 is 34.8 Å². The molecule has 0 aliphatic rings. The van der Waals surface area contributed by atoms with E-state index in [2.05, 4.69) is 10.6 Å². The van der Waals surface area contributed by atoms with E-state index in [9.17, 15) is 14.0 Å². The molecule has 0 bridgehead atoms. The first-order valence-corrected chi connectivity index (χ1v) is 7.55. The van der Waals surface area contributed by atoms with Crippen LogP contribution in [-0.4, -0.2) is 18.4 Å². The van der Waals surface area contributed by atoms with Gasteiger partial charge in [0, 0.05) is 16.8 Å². The number of aryl methyl sites for hydroxylation is 1. The highest BCUT2D eigenvalue weighted by molar-refractivity contribution is 6.33. The maximum atomic E-state index is 13.8. The van der Waals surface area contributed by atoms with E-state index in [0.29, 0.717) is 22.0 Å². The van der Waals surface area contributed by atoms with Crippen molar-refractivity contribution in [1.29, 1.82) is 0 Å². The Morgan fingerprint density at radius 2 is 1.88 bits per heavy atom. The Morgan fingerprint density at radius 1 is 1.17 bits per heavy atom. The van der Waals surface area contributed by atoms with Crippen LogP contribution in [0.25, 0.3) is 0 Å². The van der Waals surface area contributed by atoms with Crippen molar-refractivity contribution in [3.8, 4) is 0 Å². The van der Waals surface area contributed by atoms with Crippen LogP contribution in [-0.2, 0) is 4.79 Å². The molecule has 0 fully saturated rings. The van der Waals surface area contributed by atoms with Crippen molar-refractivity contribution in [2.75, 3.05) is 17.2 Å². The zero-order valence-electron chi connectivity index (χ0n) is 13.2. The van der Waals surface area contributed by atoms with Gasteiger partial charge in [0.2, 0.25) is 11.8 Å². The molecular formula is C17H17ClFN3O2. The molecule has 24 heavy (non-hydrogen) atoms. The van der Waals surface area contributed by atoms with E-state index in [-0.39, 0.29) is 18.0 Å². The molecule has 0 unspecified atom stereocenters. The summed E-state index contributed by atoms with van der Waals surface area (Å²) in [5.41, 5.74) is 7.28. The molecule has 0 aliphatic carbocycles. The van der Waals surface area contributed by atoms with E-state index >= 15 is 0 Å². The molecular weight excluding hydrogens is 333 g/mol. The average Bonchev–Trinajstić information content (AvgIpc) is 2.51. The standard InChI is InChI=1S/C17H17ClFN3O2/c1-9-3-4-14(12(18)5-9)22-16(23)8-21-15-7-11(17(20)24)6-13(19)10(15)2/h3-7,21H,8H2,1-2H3,(H2,20,24)(H,22,23). The van der Waals surface area contributed by atoms with Crippen LogP contribution in [0.5, 0.6) is 0 Å². The van der Waals surface area contributed by atoms with E-state index in [0.717, 1.165) is 11.6 Å². The number of anilines is 2. The molecule has 2 aromatic carbocycles. The van der Waals surface area contributed by atoms with Crippen LogP contribution >= 0.6 is 11.6 Å².